The summed E-state index contributed by atoms with van der Waals surface area (Å²) in [7, 11) is 1.83. The van der Waals surface area contributed by atoms with Crippen LogP contribution < -0.4 is 10.5 Å². The molecule has 2 aromatic rings. The van der Waals surface area contributed by atoms with Gasteiger partial charge in [-0.1, -0.05) is 18.2 Å². The third-order valence-electron chi connectivity index (χ3n) is 6.20. The molecule has 0 bridgehead atoms. The van der Waals surface area contributed by atoms with Gasteiger partial charge in [-0.25, -0.2) is 4.98 Å². The molecular formula is C22H27N3O3. The molecular weight excluding hydrogens is 354 g/mol. The summed E-state index contributed by atoms with van der Waals surface area (Å²) in [6.45, 7) is 1.82. The molecule has 6 heteroatoms. The molecule has 3 atom stereocenters. The average molecular weight is 381 g/mol. The lowest BCUT2D eigenvalue weighted by molar-refractivity contribution is -0.0843. The lowest BCUT2D eigenvalue weighted by Gasteiger charge is -2.43. The average Bonchev–Trinajstić information content (AvgIpc) is 3.08. The van der Waals surface area contributed by atoms with E-state index in [0.29, 0.717) is 17.5 Å². The number of hydrogen-bond acceptors (Lipinski definition) is 5. The number of carbonyl (C=O) groups is 1. The van der Waals surface area contributed by atoms with Crippen LogP contribution in [0.25, 0.3) is 0 Å². The largest absolute Gasteiger partial charge is 0.474 e. The molecule has 4 rings (SSSR count). The molecule has 2 N–H and O–H groups in total. The molecule has 0 radical (unpaired) electrons. The minimum absolute atomic E-state index is 0.100. The van der Waals surface area contributed by atoms with Crippen LogP contribution in [0, 0.1) is 0 Å². The number of rotatable bonds is 6. The molecule has 2 unspecified atom stereocenters. The maximum Gasteiger partial charge on any atom is 0.248 e. The highest BCUT2D eigenvalue weighted by Crippen LogP contribution is 2.43. The topological polar surface area (TPSA) is 77.7 Å². The number of fused-ring (bicyclic) bond motifs is 1. The van der Waals surface area contributed by atoms with Gasteiger partial charge in [-0.3, -0.25) is 9.69 Å². The van der Waals surface area contributed by atoms with Crippen LogP contribution in [0.3, 0.4) is 0 Å². The summed E-state index contributed by atoms with van der Waals surface area (Å²) in [6, 6.07) is 13.6. The van der Waals surface area contributed by atoms with Crippen molar-refractivity contribution in [3.8, 4) is 5.88 Å². The molecule has 1 aliphatic carbocycles. The first-order valence-electron chi connectivity index (χ1n) is 9.85. The Balaban J connectivity index is 1.47. The van der Waals surface area contributed by atoms with E-state index >= 15 is 0 Å². The standard InChI is InChI=1S/C22H27N3O3/c1-27-22-10-9-18(28-20-4-2-3-12-24-20)14-19(22)25(13-11-22)15-16-5-7-17(8-6-16)21(23)26/h2-8,12,18-19H,9-11,13-15H2,1H3,(H2,23,26)/t18?,19?,22-/m1/s1. The monoisotopic (exact) mass is 381 g/mol. The SMILES string of the molecule is CO[C@@]12CCC(Oc3ccccn3)CC1N(Cc1ccc(C(N)=O)cc1)CC2. The highest BCUT2D eigenvalue weighted by Gasteiger charge is 2.51. The Morgan fingerprint density at radius 2 is 2.07 bits per heavy atom. The summed E-state index contributed by atoms with van der Waals surface area (Å²) in [5.74, 6) is 0.289. The van der Waals surface area contributed by atoms with Crippen molar-refractivity contribution in [2.24, 2.45) is 5.73 Å². The number of nitrogens with zero attached hydrogens (tertiary/aromatic N) is 2. The Labute approximate surface area is 165 Å². The minimum Gasteiger partial charge on any atom is -0.474 e. The second-order valence-electron chi connectivity index (χ2n) is 7.75. The Morgan fingerprint density at radius 3 is 2.75 bits per heavy atom. The van der Waals surface area contributed by atoms with Crippen LogP contribution in [0.15, 0.2) is 48.7 Å². The molecule has 1 aromatic carbocycles. The number of amides is 1. The van der Waals surface area contributed by atoms with Gasteiger partial charge in [0.25, 0.3) is 0 Å². The van der Waals surface area contributed by atoms with E-state index in [0.717, 1.165) is 38.8 Å². The Kier molecular flexibility index (Phi) is 5.33. The van der Waals surface area contributed by atoms with Gasteiger partial charge >= 0.3 is 0 Å². The summed E-state index contributed by atoms with van der Waals surface area (Å²) < 4.78 is 12.2. The normalized spacial score (nSPS) is 27.3. The lowest BCUT2D eigenvalue weighted by Crippen LogP contribution is -2.52. The molecule has 1 aromatic heterocycles. The summed E-state index contributed by atoms with van der Waals surface area (Å²) in [4.78, 5) is 18.1. The highest BCUT2D eigenvalue weighted by molar-refractivity contribution is 5.92. The molecule has 1 saturated carbocycles. The number of ether oxygens (including phenoxy) is 2. The molecule has 2 heterocycles. The number of methoxy groups -OCH3 is 1. The predicted molar refractivity (Wildman–Crippen MR) is 106 cm³/mol. The van der Waals surface area contributed by atoms with Gasteiger partial charge in [-0.05, 0) is 43.0 Å². The fraction of sp³-hybridized carbons (Fsp3) is 0.455. The van der Waals surface area contributed by atoms with Crippen LogP contribution in [0.5, 0.6) is 5.88 Å². The van der Waals surface area contributed by atoms with Gasteiger partial charge in [0.05, 0.1) is 5.60 Å². The number of nitrogens with two attached hydrogens (primary N) is 1. The van der Waals surface area contributed by atoms with Gasteiger partial charge in [-0.2, -0.15) is 0 Å². The van der Waals surface area contributed by atoms with E-state index in [1.807, 2.05) is 37.4 Å². The predicted octanol–water partition coefficient (Wildman–Crippen LogP) is 2.77. The van der Waals surface area contributed by atoms with Crippen LogP contribution in [0.4, 0.5) is 0 Å². The molecule has 1 saturated heterocycles. The second kappa shape index (κ2) is 7.89. The minimum atomic E-state index is -0.395. The van der Waals surface area contributed by atoms with Crippen molar-refractivity contribution in [2.45, 2.75) is 50.0 Å². The van der Waals surface area contributed by atoms with Crippen molar-refractivity contribution in [1.29, 1.82) is 0 Å². The van der Waals surface area contributed by atoms with E-state index < -0.39 is 5.91 Å². The molecule has 6 nitrogen and oxygen atoms in total. The highest BCUT2D eigenvalue weighted by atomic mass is 16.5. The van der Waals surface area contributed by atoms with Crippen LogP contribution in [0.2, 0.25) is 0 Å². The number of carbonyl (C=O) groups excluding carboxylic acids is 1. The number of likely N-dealkylation sites (tertiary alicyclic amines) is 1. The van der Waals surface area contributed by atoms with Gasteiger partial charge in [0, 0.05) is 50.5 Å². The van der Waals surface area contributed by atoms with Crippen molar-refractivity contribution >= 4 is 5.91 Å². The first kappa shape index (κ1) is 18.9. The van der Waals surface area contributed by atoms with Gasteiger partial charge in [0.1, 0.15) is 6.10 Å². The van der Waals surface area contributed by atoms with Crippen molar-refractivity contribution in [1.82, 2.24) is 9.88 Å². The summed E-state index contributed by atoms with van der Waals surface area (Å²) >= 11 is 0. The fourth-order valence-electron chi connectivity index (χ4n) is 4.65. The summed E-state index contributed by atoms with van der Waals surface area (Å²) in [5, 5.41) is 0. The zero-order chi connectivity index (χ0) is 19.6. The number of hydrogen-bond donors (Lipinski definition) is 1. The van der Waals surface area contributed by atoms with E-state index in [9.17, 15) is 4.79 Å². The van der Waals surface area contributed by atoms with Gasteiger partial charge in [0.15, 0.2) is 0 Å². The molecule has 1 aliphatic heterocycles. The number of aromatic nitrogens is 1. The van der Waals surface area contributed by atoms with Gasteiger partial charge in [0.2, 0.25) is 11.8 Å². The van der Waals surface area contributed by atoms with Gasteiger partial charge in [-0.15, -0.1) is 0 Å². The molecule has 1 amide bonds. The number of benzene rings is 1. The van der Waals surface area contributed by atoms with E-state index in [4.69, 9.17) is 15.2 Å². The first-order valence-corrected chi connectivity index (χ1v) is 9.85. The maximum atomic E-state index is 11.3. The van der Waals surface area contributed by atoms with E-state index in [-0.39, 0.29) is 11.7 Å². The van der Waals surface area contributed by atoms with Crippen molar-refractivity contribution in [2.75, 3.05) is 13.7 Å². The Bertz CT molecular complexity index is 812. The van der Waals surface area contributed by atoms with E-state index in [1.165, 1.54) is 5.56 Å². The summed E-state index contributed by atoms with van der Waals surface area (Å²) in [5.41, 5.74) is 6.95. The maximum absolute atomic E-state index is 11.3. The van der Waals surface area contributed by atoms with Crippen LogP contribution in [0.1, 0.15) is 41.6 Å². The fourth-order valence-corrected chi connectivity index (χ4v) is 4.65. The van der Waals surface area contributed by atoms with Gasteiger partial charge < -0.3 is 15.2 Å². The van der Waals surface area contributed by atoms with Crippen LogP contribution >= 0.6 is 0 Å². The molecule has 148 valence electrons. The van der Waals surface area contributed by atoms with Crippen molar-refractivity contribution < 1.29 is 14.3 Å². The van der Waals surface area contributed by atoms with E-state index in [2.05, 4.69) is 9.88 Å². The molecule has 2 aliphatic rings. The van der Waals surface area contributed by atoms with E-state index in [1.54, 1.807) is 18.3 Å². The van der Waals surface area contributed by atoms with Crippen LogP contribution in [-0.2, 0) is 11.3 Å². The number of primary amides is 1. The number of pyridine rings is 1. The van der Waals surface area contributed by atoms with Crippen molar-refractivity contribution in [3.63, 3.8) is 0 Å². The Hall–Kier alpha value is -2.44. The Morgan fingerprint density at radius 1 is 1.25 bits per heavy atom. The molecule has 28 heavy (non-hydrogen) atoms. The smallest absolute Gasteiger partial charge is 0.248 e. The van der Waals surface area contributed by atoms with Crippen LogP contribution in [-0.4, -0.2) is 47.2 Å². The third kappa shape index (κ3) is 3.75. The molecule has 2 fully saturated rings. The quantitative estimate of drug-likeness (QED) is 0.832. The van der Waals surface area contributed by atoms with Crippen molar-refractivity contribution in [3.05, 3.63) is 59.8 Å². The third-order valence-corrected chi connectivity index (χ3v) is 6.20. The zero-order valence-electron chi connectivity index (χ0n) is 16.2. The zero-order valence-corrected chi connectivity index (χ0v) is 16.2. The molecule has 0 spiro atoms. The second-order valence-corrected chi connectivity index (χ2v) is 7.75. The lowest BCUT2D eigenvalue weighted by atomic mass is 9.79. The summed E-state index contributed by atoms with van der Waals surface area (Å²) in [6.07, 6.45) is 5.81. The first-order chi connectivity index (χ1) is 13.6.